The lowest BCUT2D eigenvalue weighted by Gasteiger charge is -2.36. The van der Waals surface area contributed by atoms with Crippen molar-refractivity contribution in [2.75, 3.05) is 54.4 Å². The summed E-state index contributed by atoms with van der Waals surface area (Å²) in [6.07, 6.45) is 9.71. The van der Waals surface area contributed by atoms with E-state index in [1.54, 1.807) is 19.3 Å². The van der Waals surface area contributed by atoms with Crippen LogP contribution in [0.2, 0.25) is 0 Å². The maximum atomic E-state index is 12.8. The minimum Gasteiger partial charge on any atom is -0.343 e. The molecule has 2 aliphatic rings. The first kappa shape index (κ1) is 30.7. The van der Waals surface area contributed by atoms with Crippen molar-refractivity contribution in [1.82, 2.24) is 14.9 Å². The Morgan fingerprint density at radius 2 is 1.83 bits per heavy atom. The second kappa shape index (κ2) is 12.7. The molecule has 2 aromatic rings. The molecule has 1 aromatic heterocycles. The fourth-order valence-electron chi connectivity index (χ4n) is 5.57. The van der Waals surface area contributed by atoms with Crippen molar-refractivity contribution >= 4 is 50.5 Å². The highest BCUT2D eigenvalue weighted by atomic mass is 32.2. The van der Waals surface area contributed by atoms with Gasteiger partial charge < -0.3 is 25.3 Å². The van der Waals surface area contributed by atoms with E-state index in [0.717, 1.165) is 19.1 Å². The molecule has 0 saturated heterocycles. The quantitative estimate of drug-likeness (QED) is 0.411. The van der Waals surface area contributed by atoms with Gasteiger partial charge in [0, 0.05) is 46.0 Å². The molecule has 0 spiro atoms. The van der Waals surface area contributed by atoms with Crippen LogP contribution in [0, 0.1) is 5.92 Å². The van der Waals surface area contributed by atoms with Gasteiger partial charge in [-0.1, -0.05) is 0 Å². The average molecular weight is 590 g/mol. The molecule has 0 radical (unpaired) electrons. The zero-order valence-electron chi connectivity index (χ0n) is 25.0. The lowest BCUT2D eigenvalue weighted by molar-refractivity contribution is -0.117. The lowest BCUT2D eigenvalue weighted by Crippen LogP contribution is -2.47. The Morgan fingerprint density at radius 1 is 1.15 bits per heavy atom. The third-order valence-corrected chi connectivity index (χ3v) is 9.22. The van der Waals surface area contributed by atoms with Crippen LogP contribution < -0.4 is 20.4 Å². The summed E-state index contributed by atoms with van der Waals surface area (Å²) in [6.45, 7) is 4.17. The molecule has 0 bridgehead atoms. The van der Waals surface area contributed by atoms with Crippen LogP contribution in [0.15, 0.2) is 29.3 Å². The molecule has 0 atom stereocenters. The number of benzene rings is 1. The monoisotopic (exact) mass is 589 g/mol. The molecule has 11 nitrogen and oxygen atoms in total. The molecule has 228 valence electrons. The standard InChI is InChI=1S/C29H43N7O4S.2H2/c1-19(2)36-18-27(38)35(5)25-17-30-29(33-28(25)36)32-22-14-21(15-24(16-22)41(6,39)40)31-26(37)9-7-8-20-10-12-23(13-11-20)34(3)4;;/h14-17,19-20,23H,7-13,18H2,1-6H3,(H,31,37)(H,30,32,33);2*1H. The Bertz CT molecular complexity index is 1380. The van der Waals surface area contributed by atoms with Gasteiger partial charge in [0.2, 0.25) is 17.8 Å². The van der Waals surface area contributed by atoms with Crippen LogP contribution in [0.25, 0.3) is 0 Å². The number of anilines is 5. The van der Waals surface area contributed by atoms with Crippen LogP contribution in [0.3, 0.4) is 0 Å². The minimum absolute atomic E-state index is 0. The van der Waals surface area contributed by atoms with E-state index in [0.29, 0.717) is 41.3 Å². The first-order valence-electron chi connectivity index (χ1n) is 14.3. The second-order valence-electron chi connectivity index (χ2n) is 11.8. The number of aromatic nitrogens is 2. The zero-order valence-corrected chi connectivity index (χ0v) is 25.8. The summed E-state index contributed by atoms with van der Waals surface area (Å²) in [4.78, 5) is 40.0. The number of nitrogens with zero attached hydrogens (tertiary/aromatic N) is 5. The number of fused-ring (bicyclic) bond motifs is 1. The normalized spacial score (nSPS) is 19.5. The molecule has 1 aliphatic carbocycles. The number of nitrogens with one attached hydrogen (secondary N) is 2. The van der Waals surface area contributed by atoms with Gasteiger partial charge in [-0.3, -0.25) is 9.59 Å². The van der Waals surface area contributed by atoms with Gasteiger partial charge in [0.1, 0.15) is 5.69 Å². The van der Waals surface area contributed by atoms with Crippen molar-refractivity contribution in [3.05, 3.63) is 24.4 Å². The molecule has 1 fully saturated rings. The predicted octanol–water partition coefficient (Wildman–Crippen LogP) is 4.54. The number of amides is 2. The summed E-state index contributed by atoms with van der Waals surface area (Å²) in [6, 6.07) is 5.33. The molecule has 2 heterocycles. The summed E-state index contributed by atoms with van der Waals surface area (Å²) < 4.78 is 24.9. The molecule has 41 heavy (non-hydrogen) atoms. The van der Waals surface area contributed by atoms with E-state index >= 15 is 0 Å². The molecular weight excluding hydrogens is 542 g/mol. The Hall–Kier alpha value is -3.25. The summed E-state index contributed by atoms with van der Waals surface area (Å²) in [5.74, 6) is 1.33. The molecule has 4 rings (SSSR count). The molecule has 2 amide bonds. The fraction of sp³-hybridized carbons (Fsp3) is 0.586. The molecule has 0 unspecified atom stereocenters. The number of rotatable bonds is 10. The van der Waals surface area contributed by atoms with E-state index in [2.05, 4.69) is 39.6 Å². The predicted molar refractivity (Wildman–Crippen MR) is 167 cm³/mol. The average Bonchev–Trinajstić information content (AvgIpc) is 2.90. The summed E-state index contributed by atoms with van der Waals surface area (Å²) >= 11 is 0. The van der Waals surface area contributed by atoms with Gasteiger partial charge in [0.05, 0.1) is 17.6 Å². The largest absolute Gasteiger partial charge is 0.343 e. The van der Waals surface area contributed by atoms with Gasteiger partial charge in [0.15, 0.2) is 15.7 Å². The lowest BCUT2D eigenvalue weighted by atomic mass is 9.83. The van der Waals surface area contributed by atoms with Crippen LogP contribution in [-0.2, 0) is 19.4 Å². The maximum Gasteiger partial charge on any atom is 0.246 e. The molecule has 1 aromatic carbocycles. The Balaban J connectivity index is 0.00000323. The summed E-state index contributed by atoms with van der Waals surface area (Å²) in [7, 11) is 2.41. The van der Waals surface area contributed by atoms with Crippen molar-refractivity contribution in [2.45, 2.75) is 75.8 Å². The van der Waals surface area contributed by atoms with Gasteiger partial charge >= 0.3 is 0 Å². The van der Waals surface area contributed by atoms with E-state index in [9.17, 15) is 18.0 Å². The number of carbonyl (C=O) groups excluding carboxylic acids is 2. The van der Waals surface area contributed by atoms with Gasteiger partial charge in [0.25, 0.3) is 0 Å². The molecule has 12 heteroatoms. The van der Waals surface area contributed by atoms with E-state index in [4.69, 9.17) is 0 Å². The zero-order chi connectivity index (χ0) is 29.9. The number of carbonyl (C=O) groups is 2. The maximum absolute atomic E-state index is 12.8. The Kier molecular flexibility index (Phi) is 9.53. The number of likely N-dealkylation sites (N-methyl/N-ethyl adjacent to an activating group) is 1. The Labute approximate surface area is 246 Å². The van der Waals surface area contributed by atoms with Gasteiger partial charge in [-0.15, -0.1) is 0 Å². The SMILES string of the molecule is CC(C)N1CC(=O)N(C)c2cnc(Nc3cc(NC(=O)CCCC4CCC(N(C)C)CC4)cc(S(C)(=O)=O)c3)nc21.[HH].[HH]. The van der Waals surface area contributed by atoms with Gasteiger partial charge in [-0.05, 0) is 90.6 Å². The van der Waals surface area contributed by atoms with Crippen molar-refractivity contribution in [2.24, 2.45) is 5.92 Å². The van der Waals surface area contributed by atoms with Crippen molar-refractivity contribution in [1.29, 1.82) is 0 Å². The number of hydrogen-bond donors (Lipinski definition) is 2. The van der Waals surface area contributed by atoms with E-state index < -0.39 is 9.84 Å². The molecule has 1 saturated carbocycles. The van der Waals surface area contributed by atoms with Crippen LogP contribution >= 0.6 is 0 Å². The van der Waals surface area contributed by atoms with E-state index in [1.807, 2.05) is 18.7 Å². The molecule has 1 aliphatic heterocycles. The van der Waals surface area contributed by atoms with Crippen LogP contribution in [0.1, 0.15) is 61.6 Å². The van der Waals surface area contributed by atoms with Crippen molar-refractivity contribution < 1.29 is 20.9 Å². The number of sulfone groups is 1. The summed E-state index contributed by atoms with van der Waals surface area (Å²) in [5, 5.41) is 5.97. The molecular formula is C29H47N7O4S. The summed E-state index contributed by atoms with van der Waals surface area (Å²) in [5.41, 5.74) is 1.42. The highest BCUT2D eigenvalue weighted by molar-refractivity contribution is 7.90. The van der Waals surface area contributed by atoms with Gasteiger partial charge in [-0.2, -0.15) is 4.98 Å². The first-order chi connectivity index (χ1) is 19.3. The fourth-order valence-corrected chi connectivity index (χ4v) is 6.26. The Morgan fingerprint density at radius 3 is 2.46 bits per heavy atom. The van der Waals surface area contributed by atoms with Crippen LogP contribution in [0.5, 0.6) is 0 Å². The third-order valence-electron chi connectivity index (χ3n) is 8.12. The van der Waals surface area contributed by atoms with E-state index in [1.165, 1.54) is 42.7 Å². The molecule has 2 N–H and O–H groups in total. The first-order valence-corrected chi connectivity index (χ1v) is 16.2. The van der Waals surface area contributed by atoms with Crippen LogP contribution in [-0.4, -0.2) is 81.1 Å². The van der Waals surface area contributed by atoms with Crippen LogP contribution in [0.4, 0.5) is 28.8 Å². The highest BCUT2D eigenvalue weighted by Gasteiger charge is 2.30. The number of hydrogen-bond acceptors (Lipinski definition) is 9. The highest BCUT2D eigenvalue weighted by Crippen LogP contribution is 2.34. The minimum atomic E-state index is -3.55. The van der Waals surface area contributed by atoms with Gasteiger partial charge in [-0.25, -0.2) is 13.4 Å². The smallest absolute Gasteiger partial charge is 0.246 e. The van der Waals surface area contributed by atoms with E-state index in [-0.39, 0.29) is 38.1 Å². The second-order valence-corrected chi connectivity index (χ2v) is 13.8. The topological polar surface area (TPSA) is 128 Å². The van der Waals surface area contributed by atoms with Crippen molar-refractivity contribution in [3.63, 3.8) is 0 Å². The van der Waals surface area contributed by atoms with Crippen molar-refractivity contribution in [3.8, 4) is 0 Å². The third kappa shape index (κ3) is 7.73.